The first-order valence-electron chi connectivity index (χ1n) is 4.65. The highest BCUT2D eigenvalue weighted by atomic mass is 19.1. The molecule has 0 fully saturated rings. The zero-order valence-electron chi connectivity index (χ0n) is 8.53. The van der Waals surface area contributed by atoms with Crippen LogP contribution in [0, 0.1) is 5.82 Å². The smallest absolute Gasteiger partial charge is 0.307 e. The fourth-order valence-electron chi connectivity index (χ4n) is 1.38. The fourth-order valence-corrected chi connectivity index (χ4v) is 1.38. The third kappa shape index (κ3) is 1.67. The Labute approximate surface area is 90.0 Å². The van der Waals surface area contributed by atoms with Crippen LogP contribution in [0.2, 0.25) is 0 Å². The molecule has 1 N–H and O–H groups in total. The van der Waals surface area contributed by atoms with Crippen LogP contribution in [0.4, 0.5) is 4.39 Å². The van der Waals surface area contributed by atoms with Crippen molar-refractivity contribution in [2.75, 3.05) is 0 Å². The molecule has 5 heteroatoms. The summed E-state index contributed by atoms with van der Waals surface area (Å²) in [4.78, 5) is 25.1. The molecule has 16 heavy (non-hydrogen) atoms. The van der Waals surface area contributed by atoms with Gasteiger partial charge in [-0.05, 0) is 12.1 Å². The van der Waals surface area contributed by atoms with Gasteiger partial charge in [-0.25, -0.2) is 9.18 Å². The van der Waals surface area contributed by atoms with Gasteiger partial charge in [0.1, 0.15) is 5.82 Å². The molecule has 0 atom stereocenters. The molecule has 1 aromatic carbocycles. The maximum Gasteiger partial charge on any atom is 0.328 e. The Morgan fingerprint density at radius 1 is 1.25 bits per heavy atom. The van der Waals surface area contributed by atoms with E-state index < -0.39 is 17.1 Å². The quantitative estimate of drug-likeness (QED) is 0.775. The van der Waals surface area contributed by atoms with E-state index in [-0.39, 0.29) is 11.3 Å². The molecular formula is C11H9FN2O2. The summed E-state index contributed by atoms with van der Waals surface area (Å²) >= 11 is 0. The highest BCUT2D eigenvalue weighted by Crippen LogP contribution is 2.17. The second kappa shape index (κ2) is 3.77. The zero-order valence-corrected chi connectivity index (χ0v) is 8.53. The molecule has 0 saturated carbocycles. The van der Waals surface area contributed by atoms with Crippen LogP contribution in [0.5, 0.6) is 0 Å². The van der Waals surface area contributed by atoms with E-state index in [4.69, 9.17) is 0 Å². The summed E-state index contributed by atoms with van der Waals surface area (Å²) in [5.41, 5.74) is -0.642. The van der Waals surface area contributed by atoms with E-state index in [2.05, 4.69) is 4.98 Å². The van der Waals surface area contributed by atoms with Gasteiger partial charge in [0.05, 0.1) is 5.69 Å². The molecule has 2 aromatic rings. The molecule has 82 valence electrons. The van der Waals surface area contributed by atoms with Gasteiger partial charge in [0.15, 0.2) is 0 Å². The summed E-state index contributed by atoms with van der Waals surface area (Å²) in [6, 6.07) is 7.14. The Bertz CT molecular complexity index is 612. The van der Waals surface area contributed by atoms with E-state index in [0.29, 0.717) is 0 Å². The predicted molar refractivity (Wildman–Crippen MR) is 57.7 cm³/mol. The lowest BCUT2D eigenvalue weighted by molar-refractivity contribution is 0.630. The zero-order chi connectivity index (χ0) is 11.7. The van der Waals surface area contributed by atoms with Gasteiger partial charge in [-0.1, -0.05) is 12.1 Å². The number of H-pyrrole nitrogens is 1. The molecule has 0 saturated heterocycles. The van der Waals surface area contributed by atoms with E-state index in [1.807, 2.05) is 0 Å². The van der Waals surface area contributed by atoms with Crippen LogP contribution in [-0.2, 0) is 7.05 Å². The molecule has 0 aliphatic carbocycles. The lowest BCUT2D eigenvalue weighted by atomic mass is 10.1. The summed E-state index contributed by atoms with van der Waals surface area (Å²) in [6.45, 7) is 0. The molecule has 0 amide bonds. The summed E-state index contributed by atoms with van der Waals surface area (Å²) < 4.78 is 14.3. The van der Waals surface area contributed by atoms with Crippen LogP contribution < -0.4 is 11.2 Å². The molecule has 0 bridgehead atoms. The number of hydrogen-bond donors (Lipinski definition) is 1. The largest absolute Gasteiger partial charge is 0.328 e. The third-order valence-corrected chi connectivity index (χ3v) is 2.31. The first-order chi connectivity index (χ1) is 7.59. The van der Waals surface area contributed by atoms with Crippen molar-refractivity contribution in [3.63, 3.8) is 0 Å². The topological polar surface area (TPSA) is 54.9 Å². The van der Waals surface area contributed by atoms with E-state index in [1.54, 1.807) is 6.07 Å². The van der Waals surface area contributed by atoms with Crippen molar-refractivity contribution in [3.8, 4) is 11.3 Å². The van der Waals surface area contributed by atoms with Crippen LogP contribution in [0.25, 0.3) is 11.3 Å². The minimum Gasteiger partial charge on any atom is -0.307 e. The predicted octanol–water partition coefficient (Wildman–Crippen LogP) is 0.880. The van der Waals surface area contributed by atoms with Gasteiger partial charge in [-0.15, -0.1) is 0 Å². The van der Waals surface area contributed by atoms with Crippen LogP contribution in [0.3, 0.4) is 0 Å². The summed E-state index contributed by atoms with van der Waals surface area (Å²) in [5.74, 6) is -0.480. The first-order valence-corrected chi connectivity index (χ1v) is 4.65. The number of aromatic amines is 1. The second-order valence-electron chi connectivity index (χ2n) is 3.37. The molecule has 0 aliphatic rings. The molecule has 2 rings (SSSR count). The molecule has 0 spiro atoms. The standard InChI is InChI=1S/C11H9FN2O2/c1-14-10(15)6-9(13-11(14)16)7-4-2-3-5-8(7)12/h2-6H,1H3,(H,13,16). The van der Waals surface area contributed by atoms with Crippen LogP contribution in [0.15, 0.2) is 39.9 Å². The molecule has 1 heterocycles. The Balaban J connectivity index is 2.72. The fraction of sp³-hybridized carbons (Fsp3) is 0.0909. The van der Waals surface area contributed by atoms with Crippen molar-refractivity contribution >= 4 is 0 Å². The second-order valence-corrected chi connectivity index (χ2v) is 3.37. The van der Waals surface area contributed by atoms with Crippen LogP contribution in [0.1, 0.15) is 0 Å². The normalized spacial score (nSPS) is 10.4. The van der Waals surface area contributed by atoms with Gasteiger partial charge in [-0.3, -0.25) is 9.36 Å². The Hall–Kier alpha value is -2.17. The number of benzene rings is 1. The average molecular weight is 220 g/mol. The van der Waals surface area contributed by atoms with E-state index in [9.17, 15) is 14.0 Å². The van der Waals surface area contributed by atoms with Crippen molar-refractivity contribution in [1.29, 1.82) is 0 Å². The average Bonchev–Trinajstić information content (AvgIpc) is 2.26. The van der Waals surface area contributed by atoms with Crippen molar-refractivity contribution in [2.45, 2.75) is 0 Å². The number of rotatable bonds is 1. The van der Waals surface area contributed by atoms with Gasteiger partial charge in [0.2, 0.25) is 0 Å². The summed E-state index contributed by atoms with van der Waals surface area (Å²) in [6.07, 6.45) is 0. The highest BCUT2D eigenvalue weighted by molar-refractivity contribution is 5.58. The van der Waals surface area contributed by atoms with Gasteiger partial charge >= 0.3 is 5.69 Å². The number of halogens is 1. The van der Waals surface area contributed by atoms with Gasteiger partial charge in [0, 0.05) is 18.7 Å². The number of nitrogens with one attached hydrogen (secondary N) is 1. The Morgan fingerprint density at radius 2 is 1.94 bits per heavy atom. The van der Waals surface area contributed by atoms with Crippen molar-refractivity contribution in [3.05, 3.63) is 57.0 Å². The molecule has 4 nitrogen and oxygen atoms in total. The van der Waals surface area contributed by atoms with Crippen molar-refractivity contribution in [1.82, 2.24) is 9.55 Å². The Kier molecular flexibility index (Phi) is 2.44. The summed E-state index contributed by atoms with van der Waals surface area (Å²) in [7, 11) is 1.35. The maximum absolute atomic E-state index is 13.4. The summed E-state index contributed by atoms with van der Waals surface area (Å²) in [5, 5.41) is 0. The highest BCUT2D eigenvalue weighted by Gasteiger charge is 2.07. The maximum atomic E-state index is 13.4. The molecule has 1 aromatic heterocycles. The van der Waals surface area contributed by atoms with Gasteiger partial charge in [0.25, 0.3) is 5.56 Å². The third-order valence-electron chi connectivity index (χ3n) is 2.31. The monoisotopic (exact) mass is 220 g/mol. The van der Waals surface area contributed by atoms with Crippen LogP contribution in [-0.4, -0.2) is 9.55 Å². The SMILES string of the molecule is Cn1c(=O)cc(-c2ccccc2F)[nH]c1=O. The van der Waals surface area contributed by atoms with E-state index >= 15 is 0 Å². The van der Waals surface area contributed by atoms with Crippen LogP contribution >= 0.6 is 0 Å². The molecule has 0 radical (unpaired) electrons. The number of aromatic nitrogens is 2. The Morgan fingerprint density at radius 3 is 2.56 bits per heavy atom. The minimum atomic E-state index is -0.564. The minimum absolute atomic E-state index is 0.186. The molecule has 0 aliphatic heterocycles. The molecule has 0 unspecified atom stereocenters. The molecular weight excluding hydrogens is 211 g/mol. The first kappa shape index (κ1) is 10.4. The number of nitrogens with zero attached hydrogens (tertiary/aromatic N) is 1. The van der Waals surface area contributed by atoms with Gasteiger partial charge in [-0.2, -0.15) is 0 Å². The lowest BCUT2D eigenvalue weighted by Gasteiger charge is -2.03. The van der Waals surface area contributed by atoms with E-state index in [1.165, 1.54) is 31.3 Å². The van der Waals surface area contributed by atoms with Gasteiger partial charge < -0.3 is 4.98 Å². The van der Waals surface area contributed by atoms with Crippen molar-refractivity contribution < 1.29 is 4.39 Å². The van der Waals surface area contributed by atoms with E-state index in [0.717, 1.165) is 4.57 Å². The number of hydrogen-bond acceptors (Lipinski definition) is 2. The van der Waals surface area contributed by atoms with Crippen molar-refractivity contribution in [2.24, 2.45) is 7.05 Å². The lowest BCUT2D eigenvalue weighted by Crippen LogP contribution is -2.32.